The number of carbonyl (C=O) groups excluding carboxylic acids is 2. The Morgan fingerprint density at radius 3 is 2.52 bits per heavy atom. The van der Waals surface area contributed by atoms with Crippen LogP contribution in [0.5, 0.6) is 0 Å². The van der Waals surface area contributed by atoms with Crippen molar-refractivity contribution >= 4 is 17.6 Å². The molecule has 1 saturated heterocycles. The molecule has 40 heavy (non-hydrogen) atoms. The molecule has 2 amide bonds. The van der Waals surface area contributed by atoms with E-state index < -0.39 is 0 Å². The van der Waals surface area contributed by atoms with Crippen LogP contribution in [-0.2, 0) is 11.2 Å². The van der Waals surface area contributed by atoms with Crippen LogP contribution in [0.15, 0.2) is 34.3 Å². The summed E-state index contributed by atoms with van der Waals surface area (Å²) in [5, 5.41) is 15.7. The number of amides is 2. The van der Waals surface area contributed by atoms with Gasteiger partial charge in [-0.05, 0) is 102 Å². The standard InChI is InChI=1S/C32H48N6O2/c1-18(2)20(5)9-10-23-14-24(32(40)35-8)11-12-26(23)28(31(34)37-19(3)4)13-21(6)36-17-29(39)38-25(16-33)15-27-22(7)30(27)38/h11-12,14,19,21-22,25,27-28,30,36H,9-10,13,15,17H2,1-8H3,(H2,34,37)(H,35,40)/t21-,22?,25?,27?,28?,30?/m1/s1. The van der Waals surface area contributed by atoms with E-state index in [1.807, 2.05) is 36.9 Å². The molecular formula is C32H48N6O2. The van der Waals surface area contributed by atoms with E-state index in [1.54, 1.807) is 7.05 Å². The van der Waals surface area contributed by atoms with Crippen LogP contribution in [0.4, 0.5) is 0 Å². The Labute approximate surface area is 240 Å². The van der Waals surface area contributed by atoms with Crippen LogP contribution < -0.4 is 16.4 Å². The number of amidine groups is 1. The van der Waals surface area contributed by atoms with Crippen LogP contribution in [0.1, 0.15) is 95.1 Å². The maximum atomic E-state index is 13.1. The Kier molecular flexibility index (Phi) is 10.5. The van der Waals surface area contributed by atoms with Gasteiger partial charge in [-0.25, -0.2) is 0 Å². The Morgan fingerprint density at radius 1 is 1.23 bits per heavy atom. The maximum Gasteiger partial charge on any atom is 0.251 e. The molecule has 4 N–H and O–H groups in total. The van der Waals surface area contributed by atoms with Gasteiger partial charge in [-0.1, -0.05) is 24.1 Å². The molecular weight excluding hydrogens is 500 g/mol. The third kappa shape index (κ3) is 7.31. The van der Waals surface area contributed by atoms with Gasteiger partial charge in [-0.2, -0.15) is 5.26 Å². The summed E-state index contributed by atoms with van der Waals surface area (Å²) in [4.78, 5) is 32.1. The van der Waals surface area contributed by atoms with E-state index in [4.69, 9.17) is 10.7 Å². The molecule has 0 spiro atoms. The summed E-state index contributed by atoms with van der Waals surface area (Å²) in [6, 6.07) is 8.06. The minimum Gasteiger partial charge on any atom is -0.387 e. The van der Waals surface area contributed by atoms with Crippen molar-refractivity contribution in [2.75, 3.05) is 13.6 Å². The molecule has 8 heteroatoms. The van der Waals surface area contributed by atoms with Crippen molar-refractivity contribution < 1.29 is 9.59 Å². The molecule has 1 aromatic rings. The van der Waals surface area contributed by atoms with Crippen molar-refractivity contribution in [1.29, 1.82) is 5.26 Å². The van der Waals surface area contributed by atoms with Gasteiger partial charge in [0.15, 0.2) is 0 Å². The van der Waals surface area contributed by atoms with E-state index in [-0.39, 0.29) is 48.4 Å². The van der Waals surface area contributed by atoms with Gasteiger partial charge < -0.3 is 21.3 Å². The number of fused-ring (bicyclic) bond motifs is 1. The molecule has 1 aliphatic carbocycles. The first kappa shape index (κ1) is 31.3. The number of piperidine rings is 1. The lowest BCUT2D eigenvalue weighted by atomic mass is 9.85. The van der Waals surface area contributed by atoms with Crippen molar-refractivity contribution in [2.24, 2.45) is 22.6 Å². The second-order valence-corrected chi connectivity index (χ2v) is 12.2. The third-order valence-corrected chi connectivity index (χ3v) is 8.69. The molecule has 6 atom stereocenters. The first-order valence-corrected chi connectivity index (χ1v) is 14.6. The molecule has 0 bridgehead atoms. The number of allylic oxidation sites excluding steroid dienone is 2. The van der Waals surface area contributed by atoms with E-state index in [0.717, 1.165) is 30.4 Å². The highest BCUT2D eigenvalue weighted by Gasteiger charge is 2.59. The molecule has 1 aliphatic heterocycles. The van der Waals surface area contributed by atoms with E-state index >= 15 is 0 Å². The smallest absolute Gasteiger partial charge is 0.251 e. The van der Waals surface area contributed by atoms with Crippen molar-refractivity contribution in [1.82, 2.24) is 15.5 Å². The first-order chi connectivity index (χ1) is 18.9. The Morgan fingerprint density at radius 2 is 1.93 bits per heavy atom. The van der Waals surface area contributed by atoms with Crippen molar-refractivity contribution in [3.63, 3.8) is 0 Å². The van der Waals surface area contributed by atoms with Crippen LogP contribution in [0.25, 0.3) is 0 Å². The number of hydrogen-bond donors (Lipinski definition) is 3. The molecule has 5 unspecified atom stereocenters. The average Bonchev–Trinajstić information content (AvgIpc) is 3.35. The number of rotatable bonds is 12. The van der Waals surface area contributed by atoms with Gasteiger partial charge in [0.05, 0.1) is 12.6 Å². The van der Waals surface area contributed by atoms with Crippen LogP contribution in [0.2, 0.25) is 0 Å². The number of nitrogens with one attached hydrogen (secondary N) is 2. The molecule has 1 saturated carbocycles. The van der Waals surface area contributed by atoms with E-state index in [0.29, 0.717) is 29.7 Å². The summed E-state index contributed by atoms with van der Waals surface area (Å²) < 4.78 is 0. The molecule has 1 heterocycles. The summed E-state index contributed by atoms with van der Waals surface area (Å²) in [6.07, 6.45) is 3.11. The molecule has 8 nitrogen and oxygen atoms in total. The minimum atomic E-state index is -0.317. The molecule has 218 valence electrons. The van der Waals surface area contributed by atoms with E-state index in [9.17, 15) is 14.9 Å². The highest BCUT2D eigenvalue weighted by molar-refractivity contribution is 5.95. The predicted molar refractivity (Wildman–Crippen MR) is 161 cm³/mol. The van der Waals surface area contributed by atoms with E-state index in [1.165, 1.54) is 11.1 Å². The lowest BCUT2D eigenvalue weighted by Crippen LogP contribution is -2.45. The first-order valence-electron chi connectivity index (χ1n) is 14.6. The summed E-state index contributed by atoms with van der Waals surface area (Å²) in [7, 11) is 1.64. The SMILES string of the molecule is CNC(=O)c1ccc(C(C[C@@H](C)NCC(=O)N2C(C#N)CC3C(C)C32)C(N)=NC(C)C)c(CCC(C)=C(C)C)c1. The quantitative estimate of drug-likeness (QED) is 0.204. The van der Waals surface area contributed by atoms with Crippen molar-refractivity contribution in [3.05, 3.63) is 46.0 Å². The molecule has 1 aromatic carbocycles. The fourth-order valence-electron chi connectivity index (χ4n) is 5.98. The topological polar surface area (TPSA) is 124 Å². The zero-order valence-corrected chi connectivity index (χ0v) is 25.5. The summed E-state index contributed by atoms with van der Waals surface area (Å²) in [6.45, 7) is 14.8. The molecule has 2 fully saturated rings. The monoisotopic (exact) mass is 548 g/mol. The number of aryl methyl sites for hydroxylation is 1. The van der Waals surface area contributed by atoms with Gasteiger partial charge in [0.25, 0.3) is 5.91 Å². The molecule has 0 radical (unpaired) electrons. The average molecular weight is 549 g/mol. The summed E-state index contributed by atoms with van der Waals surface area (Å²) in [5.41, 5.74) is 12.0. The highest BCUT2D eigenvalue weighted by Crippen LogP contribution is 2.52. The van der Waals surface area contributed by atoms with Gasteiger partial charge in [-0.15, -0.1) is 0 Å². The Hall–Kier alpha value is -3.18. The Bertz CT molecular complexity index is 1190. The van der Waals surface area contributed by atoms with Crippen LogP contribution in [-0.4, -0.2) is 60.3 Å². The number of carbonyl (C=O) groups is 2. The third-order valence-electron chi connectivity index (χ3n) is 8.69. The lowest BCUT2D eigenvalue weighted by molar-refractivity contribution is -0.131. The number of aliphatic imine (C=N–C) groups is 1. The van der Waals surface area contributed by atoms with Gasteiger partial charge in [0.1, 0.15) is 11.9 Å². The lowest BCUT2D eigenvalue weighted by Gasteiger charge is -2.27. The number of hydrogen-bond acceptors (Lipinski definition) is 5. The number of nitrogens with two attached hydrogens (primary N) is 1. The Balaban J connectivity index is 1.83. The van der Waals surface area contributed by atoms with Gasteiger partial charge in [0, 0.05) is 36.7 Å². The molecule has 0 aromatic heterocycles. The fourth-order valence-corrected chi connectivity index (χ4v) is 5.98. The van der Waals surface area contributed by atoms with Crippen LogP contribution >= 0.6 is 0 Å². The molecule has 2 aliphatic rings. The fraction of sp³-hybridized carbons (Fsp3) is 0.625. The predicted octanol–water partition coefficient (Wildman–Crippen LogP) is 4.31. The zero-order chi connectivity index (χ0) is 29.7. The number of benzene rings is 1. The summed E-state index contributed by atoms with van der Waals surface area (Å²) in [5.74, 6) is 1.20. The van der Waals surface area contributed by atoms with Crippen molar-refractivity contribution in [3.8, 4) is 6.07 Å². The minimum absolute atomic E-state index is 0.0107. The van der Waals surface area contributed by atoms with Crippen molar-refractivity contribution in [2.45, 2.75) is 104 Å². The number of likely N-dealkylation sites (tertiary alicyclic amines) is 1. The second kappa shape index (κ2) is 13.5. The normalized spacial score (nSPS) is 23.3. The van der Waals surface area contributed by atoms with E-state index in [2.05, 4.69) is 51.3 Å². The largest absolute Gasteiger partial charge is 0.387 e. The van der Waals surface area contributed by atoms with Gasteiger partial charge >= 0.3 is 0 Å². The van der Waals surface area contributed by atoms with Crippen LogP contribution in [0, 0.1) is 23.2 Å². The van der Waals surface area contributed by atoms with Gasteiger partial charge in [0.2, 0.25) is 5.91 Å². The van der Waals surface area contributed by atoms with Gasteiger partial charge in [-0.3, -0.25) is 14.6 Å². The highest BCUT2D eigenvalue weighted by atomic mass is 16.2. The maximum absolute atomic E-state index is 13.1. The summed E-state index contributed by atoms with van der Waals surface area (Å²) >= 11 is 0. The number of nitrogens with zero attached hydrogens (tertiary/aromatic N) is 3. The zero-order valence-electron chi connectivity index (χ0n) is 25.5. The second-order valence-electron chi connectivity index (χ2n) is 12.2. The van der Waals surface area contributed by atoms with Crippen LogP contribution in [0.3, 0.4) is 0 Å². The number of nitriles is 1. The molecule has 3 rings (SSSR count).